The van der Waals surface area contributed by atoms with Crippen molar-refractivity contribution in [3.05, 3.63) is 58.1 Å². The highest BCUT2D eigenvalue weighted by molar-refractivity contribution is 5.31. The summed E-state index contributed by atoms with van der Waals surface area (Å²) in [4.78, 5) is 17.9. The first-order valence-electron chi connectivity index (χ1n) is 5.59. The van der Waals surface area contributed by atoms with Crippen molar-refractivity contribution >= 4 is 5.82 Å². The monoisotopic (exact) mass is 229 g/mol. The molecule has 0 spiro atoms. The summed E-state index contributed by atoms with van der Waals surface area (Å²) < 4.78 is 0. The normalized spacial score (nSPS) is 10.2. The van der Waals surface area contributed by atoms with Gasteiger partial charge in [-0.15, -0.1) is 0 Å². The van der Waals surface area contributed by atoms with Gasteiger partial charge in [-0.1, -0.05) is 29.8 Å². The number of aryl methyl sites for hydroxylation is 1. The number of H-pyrrole nitrogens is 1. The number of nitrogens with zero attached hydrogens (tertiary/aromatic N) is 1. The molecule has 1 aromatic heterocycles. The second-order valence-electron chi connectivity index (χ2n) is 3.93. The van der Waals surface area contributed by atoms with E-state index >= 15 is 0 Å². The van der Waals surface area contributed by atoms with Crippen LogP contribution in [0.1, 0.15) is 11.1 Å². The maximum Gasteiger partial charge on any atom is 0.290 e. The molecule has 4 heteroatoms. The maximum absolute atomic E-state index is 11.3. The van der Waals surface area contributed by atoms with E-state index < -0.39 is 0 Å². The van der Waals surface area contributed by atoms with Gasteiger partial charge in [0.1, 0.15) is 0 Å². The van der Waals surface area contributed by atoms with Crippen LogP contribution < -0.4 is 10.9 Å². The van der Waals surface area contributed by atoms with Crippen LogP contribution in [0.4, 0.5) is 5.82 Å². The van der Waals surface area contributed by atoms with E-state index in [4.69, 9.17) is 0 Å². The Hall–Kier alpha value is -2.10. The third kappa shape index (κ3) is 3.17. The van der Waals surface area contributed by atoms with E-state index in [1.807, 2.05) is 6.07 Å². The van der Waals surface area contributed by atoms with Gasteiger partial charge in [0.25, 0.3) is 5.56 Å². The van der Waals surface area contributed by atoms with Crippen LogP contribution in [0.5, 0.6) is 0 Å². The van der Waals surface area contributed by atoms with Crippen molar-refractivity contribution < 1.29 is 0 Å². The third-order valence-corrected chi connectivity index (χ3v) is 2.50. The topological polar surface area (TPSA) is 57.8 Å². The third-order valence-electron chi connectivity index (χ3n) is 2.50. The number of benzene rings is 1. The highest BCUT2D eigenvalue weighted by atomic mass is 16.1. The zero-order chi connectivity index (χ0) is 12.1. The highest BCUT2D eigenvalue weighted by Crippen LogP contribution is 2.04. The fraction of sp³-hybridized carbons (Fsp3) is 0.231. The molecular formula is C13H15N3O. The molecule has 0 saturated heterocycles. The minimum absolute atomic E-state index is 0.184. The molecule has 0 aliphatic heterocycles. The maximum atomic E-state index is 11.3. The van der Waals surface area contributed by atoms with E-state index in [1.165, 1.54) is 17.3 Å². The Balaban J connectivity index is 1.92. The Morgan fingerprint density at radius 3 is 3.06 bits per heavy atom. The first kappa shape index (κ1) is 11.4. The molecule has 1 heterocycles. The van der Waals surface area contributed by atoms with Crippen LogP contribution in [0, 0.1) is 6.92 Å². The van der Waals surface area contributed by atoms with E-state index in [0.717, 1.165) is 6.42 Å². The molecule has 0 saturated carbocycles. The second kappa shape index (κ2) is 5.30. The van der Waals surface area contributed by atoms with Gasteiger partial charge in [0, 0.05) is 18.9 Å². The predicted octanol–water partition coefficient (Wildman–Crippen LogP) is 1.73. The number of aromatic nitrogens is 2. The van der Waals surface area contributed by atoms with Crippen LogP contribution in [-0.4, -0.2) is 16.5 Å². The first-order valence-corrected chi connectivity index (χ1v) is 5.59. The van der Waals surface area contributed by atoms with Crippen LogP contribution in [0.3, 0.4) is 0 Å². The lowest BCUT2D eigenvalue weighted by Gasteiger charge is -2.05. The van der Waals surface area contributed by atoms with Crippen molar-refractivity contribution in [1.29, 1.82) is 0 Å². The number of aromatic amines is 1. The van der Waals surface area contributed by atoms with Gasteiger partial charge in [0.05, 0.1) is 0 Å². The SMILES string of the molecule is Cc1cccc(CCNc2ncc[nH]c2=O)c1. The lowest BCUT2D eigenvalue weighted by atomic mass is 10.1. The smallest absolute Gasteiger partial charge is 0.290 e. The molecule has 0 atom stereocenters. The summed E-state index contributed by atoms with van der Waals surface area (Å²) >= 11 is 0. The number of hydrogen-bond donors (Lipinski definition) is 2. The van der Waals surface area contributed by atoms with Gasteiger partial charge in [0.2, 0.25) is 0 Å². The molecule has 2 rings (SSSR count). The summed E-state index contributed by atoms with van der Waals surface area (Å²) in [5.41, 5.74) is 2.32. The molecule has 0 unspecified atom stereocenters. The van der Waals surface area contributed by atoms with Gasteiger partial charge < -0.3 is 10.3 Å². The molecular weight excluding hydrogens is 214 g/mol. The van der Waals surface area contributed by atoms with Crippen molar-refractivity contribution in [3.63, 3.8) is 0 Å². The van der Waals surface area contributed by atoms with E-state index in [2.05, 4.69) is 40.4 Å². The summed E-state index contributed by atoms with van der Waals surface area (Å²) in [5.74, 6) is 0.375. The zero-order valence-corrected chi connectivity index (χ0v) is 9.73. The molecule has 0 aliphatic carbocycles. The molecule has 0 amide bonds. The fourth-order valence-electron chi connectivity index (χ4n) is 1.67. The van der Waals surface area contributed by atoms with Gasteiger partial charge in [-0.2, -0.15) is 0 Å². The fourth-order valence-corrected chi connectivity index (χ4v) is 1.67. The summed E-state index contributed by atoms with van der Waals surface area (Å²) in [6.45, 7) is 2.77. The first-order chi connectivity index (χ1) is 8.25. The number of hydrogen-bond acceptors (Lipinski definition) is 3. The molecule has 1 aromatic carbocycles. The second-order valence-corrected chi connectivity index (χ2v) is 3.93. The quantitative estimate of drug-likeness (QED) is 0.839. The molecule has 17 heavy (non-hydrogen) atoms. The summed E-state index contributed by atoms with van der Waals surface area (Å²) in [6, 6.07) is 8.33. The van der Waals surface area contributed by atoms with Gasteiger partial charge in [-0.05, 0) is 18.9 Å². The van der Waals surface area contributed by atoms with Crippen LogP contribution in [0.2, 0.25) is 0 Å². The van der Waals surface area contributed by atoms with Crippen LogP contribution in [0.15, 0.2) is 41.5 Å². The zero-order valence-electron chi connectivity index (χ0n) is 9.73. The van der Waals surface area contributed by atoms with E-state index in [1.54, 1.807) is 6.20 Å². The Morgan fingerprint density at radius 1 is 1.41 bits per heavy atom. The minimum atomic E-state index is -0.184. The summed E-state index contributed by atoms with van der Waals surface area (Å²) in [5, 5.41) is 3.03. The lowest BCUT2D eigenvalue weighted by molar-refractivity contribution is 0.988. The van der Waals surface area contributed by atoms with Crippen LogP contribution in [-0.2, 0) is 6.42 Å². The highest BCUT2D eigenvalue weighted by Gasteiger charge is 1.98. The van der Waals surface area contributed by atoms with Crippen LogP contribution in [0.25, 0.3) is 0 Å². The molecule has 0 bridgehead atoms. The average molecular weight is 229 g/mol. The Bertz CT molecular complexity index is 548. The molecule has 0 radical (unpaired) electrons. The van der Waals surface area contributed by atoms with E-state index in [0.29, 0.717) is 12.4 Å². The predicted molar refractivity (Wildman–Crippen MR) is 68.2 cm³/mol. The largest absolute Gasteiger partial charge is 0.365 e. The number of rotatable bonds is 4. The van der Waals surface area contributed by atoms with Gasteiger partial charge in [-0.25, -0.2) is 4.98 Å². The van der Waals surface area contributed by atoms with Gasteiger partial charge in [0.15, 0.2) is 5.82 Å². The number of nitrogens with one attached hydrogen (secondary N) is 2. The molecule has 88 valence electrons. The van der Waals surface area contributed by atoms with Crippen molar-refractivity contribution in [2.75, 3.05) is 11.9 Å². The van der Waals surface area contributed by atoms with Gasteiger partial charge in [-0.3, -0.25) is 4.79 Å². The lowest BCUT2D eigenvalue weighted by Crippen LogP contribution is -2.17. The Labute approximate surface area is 99.7 Å². The standard InChI is InChI=1S/C13H15N3O/c1-10-3-2-4-11(9-10)5-6-14-12-13(17)16-8-7-15-12/h2-4,7-9H,5-6H2,1H3,(H,14,15)(H,16,17). The number of anilines is 1. The Kier molecular flexibility index (Phi) is 3.55. The average Bonchev–Trinajstić information content (AvgIpc) is 2.32. The van der Waals surface area contributed by atoms with Crippen molar-refractivity contribution in [2.45, 2.75) is 13.3 Å². The van der Waals surface area contributed by atoms with Crippen LogP contribution >= 0.6 is 0 Å². The summed E-state index contributed by atoms with van der Waals surface area (Å²) in [6.07, 6.45) is 3.96. The Morgan fingerprint density at radius 2 is 2.29 bits per heavy atom. The van der Waals surface area contributed by atoms with E-state index in [9.17, 15) is 4.79 Å². The van der Waals surface area contributed by atoms with Gasteiger partial charge >= 0.3 is 0 Å². The minimum Gasteiger partial charge on any atom is -0.365 e. The molecule has 0 fully saturated rings. The molecule has 4 nitrogen and oxygen atoms in total. The summed E-state index contributed by atoms with van der Waals surface area (Å²) in [7, 11) is 0. The molecule has 2 aromatic rings. The molecule has 2 N–H and O–H groups in total. The van der Waals surface area contributed by atoms with Crippen molar-refractivity contribution in [3.8, 4) is 0 Å². The molecule has 0 aliphatic rings. The van der Waals surface area contributed by atoms with E-state index in [-0.39, 0.29) is 5.56 Å². The van der Waals surface area contributed by atoms with Crippen molar-refractivity contribution in [2.24, 2.45) is 0 Å². The van der Waals surface area contributed by atoms with Crippen molar-refractivity contribution in [1.82, 2.24) is 9.97 Å².